The maximum absolute atomic E-state index is 12.6. The Hall–Kier alpha value is -2.97. The Kier molecular flexibility index (Phi) is 5.73. The monoisotopic (exact) mass is 411 g/mol. The number of benzene rings is 1. The van der Waals surface area contributed by atoms with Crippen molar-refractivity contribution < 1.29 is 18.7 Å². The number of anilines is 1. The minimum atomic E-state index is -0.187. The standard InChI is InChI=1S/C21H21N3O4S/c1-14-5-6-18(28-14)20-23-17(13-29-20)12-19(25)22-16-4-2-3-15(11-16)21(26)24-7-9-27-10-8-24/h2-6,11,13H,7-10,12H2,1H3,(H,22,25). The molecule has 29 heavy (non-hydrogen) atoms. The van der Waals surface area contributed by atoms with Crippen LogP contribution in [0.3, 0.4) is 0 Å². The molecule has 0 atom stereocenters. The molecule has 0 bridgehead atoms. The maximum Gasteiger partial charge on any atom is 0.254 e. The molecule has 4 rings (SSSR count). The molecule has 7 nitrogen and oxygen atoms in total. The van der Waals surface area contributed by atoms with Gasteiger partial charge in [0, 0.05) is 29.7 Å². The van der Waals surface area contributed by atoms with Crippen molar-refractivity contribution in [3.8, 4) is 10.8 Å². The van der Waals surface area contributed by atoms with E-state index in [2.05, 4.69) is 10.3 Å². The third-order valence-electron chi connectivity index (χ3n) is 4.54. The highest BCUT2D eigenvalue weighted by molar-refractivity contribution is 7.13. The molecule has 3 heterocycles. The van der Waals surface area contributed by atoms with Crippen molar-refractivity contribution in [2.45, 2.75) is 13.3 Å². The number of amides is 2. The molecule has 1 aliphatic rings. The van der Waals surface area contributed by atoms with Gasteiger partial charge in [-0.05, 0) is 37.3 Å². The molecule has 2 amide bonds. The van der Waals surface area contributed by atoms with Crippen LogP contribution in [0.15, 0.2) is 46.2 Å². The van der Waals surface area contributed by atoms with Crippen molar-refractivity contribution in [1.82, 2.24) is 9.88 Å². The molecule has 0 radical (unpaired) electrons. The summed E-state index contributed by atoms with van der Waals surface area (Å²) in [6.45, 7) is 4.14. The van der Waals surface area contributed by atoms with Crippen molar-refractivity contribution in [3.63, 3.8) is 0 Å². The van der Waals surface area contributed by atoms with Crippen LogP contribution in [0.25, 0.3) is 10.8 Å². The highest BCUT2D eigenvalue weighted by Crippen LogP contribution is 2.26. The summed E-state index contributed by atoms with van der Waals surface area (Å²) in [5.74, 6) is 1.28. The second-order valence-corrected chi connectivity index (χ2v) is 7.62. The number of aromatic nitrogens is 1. The third kappa shape index (κ3) is 4.72. The molecular weight excluding hydrogens is 390 g/mol. The van der Waals surface area contributed by atoms with Crippen molar-refractivity contribution in [1.29, 1.82) is 0 Å². The number of carbonyl (C=O) groups excluding carboxylic acids is 2. The van der Waals surface area contributed by atoms with E-state index in [1.165, 1.54) is 11.3 Å². The Morgan fingerprint density at radius 2 is 2.03 bits per heavy atom. The second kappa shape index (κ2) is 8.59. The molecule has 0 aliphatic carbocycles. The van der Waals surface area contributed by atoms with Crippen LogP contribution in [0.1, 0.15) is 21.8 Å². The van der Waals surface area contributed by atoms with Crippen molar-refractivity contribution in [2.24, 2.45) is 0 Å². The topological polar surface area (TPSA) is 84.7 Å². The van der Waals surface area contributed by atoms with Gasteiger partial charge in [0.25, 0.3) is 5.91 Å². The molecule has 150 valence electrons. The number of ether oxygens (including phenoxy) is 1. The van der Waals surface area contributed by atoms with Crippen LogP contribution in [-0.4, -0.2) is 48.0 Å². The number of nitrogens with zero attached hydrogens (tertiary/aromatic N) is 2. The van der Waals surface area contributed by atoms with Gasteiger partial charge in [-0.1, -0.05) is 6.07 Å². The molecule has 8 heteroatoms. The largest absolute Gasteiger partial charge is 0.459 e. The zero-order chi connectivity index (χ0) is 20.2. The fraction of sp³-hybridized carbons (Fsp3) is 0.286. The van der Waals surface area contributed by atoms with Gasteiger partial charge in [0.15, 0.2) is 10.8 Å². The van der Waals surface area contributed by atoms with E-state index >= 15 is 0 Å². The van der Waals surface area contributed by atoms with E-state index in [-0.39, 0.29) is 18.2 Å². The molecule has 1 fully saturated rings. The minimum absolute atomic E-state index is 0.0534. The molecule has 0 saturated carbocycles. The Morgan fingerprint density at radius 1 is 1.21 bits per heavy atom. The molecule has 3 aromatic rings. The average molecular weight is 411 g/mol. The molecule has 0 spiro atoms. The van der Waals surface area contributed by atoms with Gasteiger partial charge in [-0.15, -0.1) is 11.3 Å². The van der Waals surface area contributed by atoms with Crippen LogP contribution in [0, 0.1) is 6.92 Å². The number of furan rings is 1. The van der Waals surface area contributed by atoms with Crippen LogP contribution in [0.2, 0.25) is 0 Å². The van der Waals surface area contributed by atoms with E-state index in [0.29, 0.717) is 49.0 Å². The summed E-state index contributed by atoms with van der Waals surface area (Å²) in [6, 6.07) is 10.7. The molecule has 1 aliphatic heterocycles. The second-order valence-electron chi connectivity index (χ2n) is 6.76. The molecular formula is C21H21N3O4S. The zero-order valence-corrected chi connectivity index (χ0v) is 16.8. The van der Waals surface area contributed by atoms with Gasteiger partial charge in [0.2, 0.25) is 5.91 Å². The van der Waals surface area contributed by atoms with Crippen LogP contribution < -0.4 is 5.32 Å². The number of carbonyl (C=O) groups is 2. The summed E-state index contributed by atoms with van der Waals surface area (Å²) in [6.07, 6.45) is 0.151. The van der Waals surface area contributed by atoms with E-state index < -0.39 is 0 Å². The van der Waals surface area contributed by atoms with Crippen molar-refractivity contribution in [2.75, 3.05) is 31.6 Å². The van der Waals surface area contributed by atoms with E-state index in [1.807, 2.05) is 24.4 Å². The van der Waals surface area contributed by atoms with Gasteiger partial charge in [0.1, 0.15) is 5.76 Å². The van der Waals surface area contributed by atoms with Gasteiger partial charge in [-0.3, -0.25) is 9.59 Å². The highest BCUT2D eigenvalue weighted by Gasteiger charge is 2.19. The van der Waals surface area contributed by atoms with Crippen molar-refractivity contribution >= 4 is 28.8 Å². The Balaban J connectivity index is 1.38. The Labute approximate surface area is 172 Å². The zero-order valence-electron chi connectivity index (χ0n) is 16.0. The van der Waals surface area contributed by atoms with Crippen molar-refractivity contribution in [3.05, 3.63) is 58.8 Å². The van der Waals surface area contributed by atoms with Gasteiger partial charge in [0.05, 0.1) is 25.3 Å². The fourth-order valence-electron chi connectivity index (χ4n) is 3.10. The van der Waals surface area contributed by atoms with Gasteiger partial charge in [-0.25, -0.2) is 4.98 Å². The van der Waals surface area contributed by atoms with Gasteiger partial charge in [-0.2, -0.15) is 0 Å². The lowest BCUT2D eigenvalue weighted by molar-refractivity contribution is -0.115. The predicted molar refractivity (Wildman–Crippen MR) is 110 cm³/mol. The van der Waals surface area contributed by atoms with E-state index in [9.17, 15) is 9.59 Å². The smallest absolute Gasteiger partial charge is 0.254 e. The molecule has 0 unspecified atom stereocenters. The lowest BCUT2D eigenvalue weighted by Crippen LogP contribution is -2.40. The third-order valence-corrected chi connectivity index (χ3v) is 5.44. The SMILES string of the molecule is Cc1ccc(-c2nc(CC(=O)Nc3cccc(C(=O)N4CCOCC4)c3)cs2)o1. The van der Waals surface area contributed by atoms with Gasteiger partial charge >= 0.3 is 0 Å². The normalized spacial score (nSPS) is 14.0. The lowest BCUT2D eigenvalue weighted by atomic mass is 10.1. The number of aryl methyl sites for hydroxylation is 1. The number of thiazole rings is 1. The van der Waals surface area contributed by atoms with E-state index in [1.54, 1.807) is 29.2 Å². The fourth-order valence-corrected chi connectivity index (χ4v) is 3.88. The number of hydrogen-bond acceptors (Lipinski definition) is 6. The summed E-state index contributed by atoms with van der Waals surface area (Å²) < 4.78 is 10.9. The summed E-state index contributed by atoms with van der Waals surface area (Å²) in [4.78, 5) is 31.3. The summed E-state index contributed by atoms with van der Waals surface area (Å²) >= 11 is 1.44. The summed E-state index contributed by atoms with van der Waals surface area (Å²) in [5.41, 5.74) is 1.82. The van der Waals surface area contributed by atoms with Crippen LogP contribution in [0.5, 0.6) is 0 Å². The first-order chi connectivity index (χ1) is 14.1. The summed E-state index contributed by atoms with van der Waals surface area (Å²) in [7, 11) is 0. The molecule has 1 aromatic carbocycles. The summed E-state index contributed by atoms with van der Waals surface area (Å²) in [5, 5.41) is 5.45. The Morgan fingerprint density at radius 3 is 2.79 bits per heavy atom. The maximum atomic E-state index is 12.6. The minimum Gasteiger partial charge on any atom is -0.459 e. The number of hydrogen-bond donors (Lipinski definition) is 1. The molecule has 2 aromatic heterocycles. The lowest BCUT2D eigenvalue weighted by Gasteiger charge is -2.27. The predicted octanol–water partition coefficient (Wildman–Crippen LogP) is 3.37. The molecule has 1 saturated heterocycles. The van der Waals surface area contributed by atoms with Crippen LogP contribution in [-0.2, 0) is 16.0 Å². The van der Waals surface area contributed by atoms with E-state index in [4.69, 9.17) is 9.15 Å². The highest BCUT2D eigenvalue weighted by atomic mass is 32.1. The first-order valence-corrected chi connectivity index (χ1v) is 10.2. The number of morpholine rings is 1. The van der Waals surface area contributed by atoms with Crippen LogP contribution in [0.4, 0.5) is 5.69 Å². The Bertz CT molecular complexity index is 1020. The average Bonchev–Trinajstić information content (AvgIpc) is 3.37. The number of nitrogens with one attached hydrogen (secondary N) is 1. The molecule has 1 N–H and O–H groups in total. The number of rotatable bonds is 5. The van der Waals surface area contributed by atoms with Crippen LogP contribution >= 0.6 is 11.3 Å². The van der Waals surface area contributed by atoms with E-state index in [0.717, 1.165) is 10.8 Å². The van der Waals surface area contributed by atoms with Gasteiger partial charge < -0.3 is 19.4 Å². The first kappa shape index (κ1) is 19.4. The quantitative estimate of drug-likeness (QED) is 0.696. The first-order valence-electron chi connectivity index (χ1n) is 9.36.